The Morgan fingerprint density at radius 1 is 1.53 bits per heavy atom. The lowest BCUT2D eigenvalue weighted by molar-refractivity contribution is 0.0914. The van der Waals surface area contributed by atoms with E-state index in [1.54, 1.807) is 13.0 Å². The number of carbonyl (C=O) groups excluding carboxylic acids is 1. The Balaban J connectivity index is 2.48. The second-order valence-electron chi connectivity index (χ2n) is 4.14. The van der Waals surface area contributed by atoms with E-state index in [1.165, 1.54) is 12.1 Å². The molecule has 4 nitrogen and oxygen atoms in total. The standard InChI is InChI=1S/C14H19FN2O2/c1-3-4-6-19-7-5-17-14(18)12-9-11(16)8-10(2)13(12)15/h3,8-9H,1,4-7,16H2,2H3,(H,17,18). The highest BCUT2D eigenvalue weighted by molar-refractivity contribution is 5.95. The Morgan fingerprint density at radius 2 is 2.26 bits per heavy atom. The third kappa shape index (κ3) is 4.71. The fourth-order valence-corrected chi connectivity index (χ4v) is 1.56. The molecule has 0 heterocycles. The summed E-state index contributed by atoms with van der Waals surface area (Å²) < 4.78 is 19.0. The van der Waals surface area contributed by atoms with Gasteiger partial charge >= 0.3 is 0 Å². The number of hydrogen-bond acceptors (Lipinski definition) is 3. The zero-order chi connectivity index (χ0) is 14.3. The van der Waals surface area contributed by atoms with Crippen LogP contribution in [0, 0.1) is 12.7 Å². The number of benzene rings is 1. The monoisotopic (exact) mass is 266 g/mol. The third-order valence-electron chi connectivity index (χ3n) is 2.52. The van der Waals surface area contributed by atoms with Crippen LogP contribution in [0.5, 0.6) is 0 Å². The molecular formula is C14H19FN2O2. The van der Waals surface area contributed by atoms with Gasteiger partial charge in [0.25, 0.3) is 5.91 Å². The molecule has 0 aliphatic rings. The molecular weight excluding hydrogens is 247 g/mol. The zero-order valence-electron chi connectivity index (χ0n) is 11.0. The SMILES string of the molecule is C=CCCOCCNC(=O)c1cc(N)cc(C)c1F. The second-order valence-corrected chi connectivity index (χ2v) is 4.14. The normalized spacial score (nSPS) is 10.2. The van der Waals surface area contributed by atoms with Gasteiger partial charge in [0, 0.05) is 12.2 Å². The minimum Gasteiger partial charge on any atom is -0.399 e. The van der Waals surface area contributed by atoms with Crippen LogP contribution in [0.4, 0.5) is 10.1 Å². The summed E-state index contributed by atoms with van der Waals surface area (Å²) in [5.41, 5.74) is 6.28. The first kappa shape index (κ1) is 15.2. The van der Waals surface area contributed by atoms with Gasteiger partial charge in [-0.05, 0) is 31.0 Å². The summed E-state index contributed by atoms with van der Waals surface area (Å²) in [6.45, 7) is 6.40. The topological polar surface area (TPSA) is 64.3 Å². The molecule has 0 spiro atoms. The molecule has 1 amide bonds. The largest absolute Gasteiger partial charge is 0.399 e. The van der Waals surface area contributed by atoms with E-state index in [9.17, 15) is 9.18 Å². The van der Waals surface area contributed by atoms with Gasteiger partial charge in [0.2, 0.25) is 0 Å². The van der Waals surface area contributed by atoms with Crippen LogP contribution in [-0.4, -0.2) is 25.7 Å². The van der Waals surface area contributed by atoms with Crippen LogP contribution in [0.3, 0.4) is 0 Å². The molecule has 5 heteroatoms. The highest BCUT2D eigenvalue weighted by Gasteiger charge is 2.14. The van der Waals surface area contributed by atoms with Crippen LogP contribution in [0.25, 0.3) is 0 Å². The number of hydrogen-bond donors (Lipinski definition) is 2. The molecule has 0 radical (unpaired) electrons. The third-order valence-corrected chi connectivity index (χ3v) is 2.52. The molecule has 1 aromatic rings. The lowest BCUT2D eigenvalue weighted by Gasteiger charge is -2.09. The van der Waals surface area contributed by atoms with Gasteiger partial charge in [-0.2, -0.15) is 0 Å². The van der Waals surface area contributed by atoms with Gasteiger partial charge in [-0.1, -0.05) is 6.08 Å². The Labute approximate surface area is 112 Å². The zero-order valence-corrected chi connectivity index (χ0v) is 11.0. The van der Waals surface area contributed by atoms with Gasteiger partial charge < -0.3 is 15.8 Å². The summed E-state index contributed by atoms with van der Waals surface area (Å²) in [5.74, 6) is -1.03. The summed E-state index contributed by atoms with van der Waals surface area (Å²) in [7, 11) is 0. The molecule has 0 atom stereocenters. The van der Waals surface area contributed by atoms with Crippen molar-refractivity contribution in [1.29, 1.82) is 0 Å². The molecule has 19 heavy (non-hydrogen) atoms. The van der Waals surface area contributed by atoms with Crippen molar-refractivity contribution < 1.29 is 13.9 Å². The molecule has 3 N–H and O–H groups in total. The van der Waals surface area contributed by atoms with E-state index in [0.29, 0.717) is 31.0 Å². The maximum absolute atomic E-state index is 13.7. The first-order valence-corrected chi connectivity index (χ1v) is 6.08. The summed E-state index contributed by atoms with van der Waals surface area (Å²) in [6, 6.07) is 2.82. The summed E-state index contributed by atoms with van der Waals surface area (Å²) in [4.78, 5) is 11.8. The maximum atomic E-state index is 13.7. The molecule has 0 saturated carbocycles. The molecule has 0 aliphatic heterocycles. The van der Waals surface area contributed by atoms with Crippen molar-refractivity contribution in [2.45, 2.75) is 13.3 Å². The molecule has 0 aliphatic carbocycles. The number of halogens is 1. The minimum absolute atomic E-state index is 0.0383. The molecule has 0 fully saturated rings. The average molecular weight is 266 g/mol. The van der Waals surface area contributed by atoms with E-state index in [2.05, 4.69) is 11.9 Å². The summed E-state index contributed by atoms with van der Waals surface area (Å²) in [6.07, 6.45) is 2.51. The Hall–Kier alpha value is -1.88. The molecule has 0 saturated heterocycles. The first-order valence-electron chi connectivity index (χ1n) is 6.08. The van der Waals surface area contributed by atoms with Crippen LogP contribution in [-0.2, 0) is 4.74 Å². The van der Waals surface area contributed by atoms with E-state index in [-0.39, 0.29) is 5.56 Å². The fourth-order valence-electron chi connectivity index (χ4n) is 1.56. The first-order chi connectivity index (χ1) is 9.06. The van der Waals surface area contributed by atoms with Crippen molar-refractivity contribution in [3.05, 3.63) is 41.7 Å². The van der Waals surface area contributed by atoms with E-state index in [1.807, 2.05) is 0 Å². The molecule has 1 rings (SSSR count). The number of anilines is 1. The predicted molar refractivity (Wildman–Crippen MR) is 73.5 cm³/mol. The number of rotatable bonds is 7. The Kier molecular flexibility index (Phi) is 6.02. The van der Waals surface area contributed by atoms with Gasteiger partial charge in [-0.15, -0.1) is 6.58 Å². The average Bonchev–Trinajstić information content (AvgIpc) is 2.37. The van der Waals surface area contributed by atoms with E-state index >= 15 is 0 Å². The number of carbonyl (C=O) groups is 1. The van der Waals surface area contributed by atoms with Crippen LogP contribution in [0.1, 0.15) is 22.3 Å². The minimum atomic E-state index is -0.542. The molecule has 104 valence electrons. The fraction of sp³-hybridized carbons (Fsp3) is 0.357. The van der Waals surface area contributed by atoms with Crippen molar-refractivity contribution in [2.75, 3.05) is 25.5 Å². The van der Waals surface area contributed by atoms with Crippen molar-refractivity contribution in [1.82, 2.24) is 5.32 Å². The Morgan fingerprint density at radius 3 is 2.95 bits per heavy atom. The second kappa shape index (κ2) is 7.53. The lowest BCUT2D eigenvalue weighted by atomic mass is 10.1. The number of nitrogen functional groups attached to an aromatic ring is 1. The number of ether oxygens (including phenoxy) is 1. The van der Waals surface area contributed by atoms with Gasteiger partial charge in [0.1, 0.15) is 5.82 Å². The Bertz CT molecular complexity index is 461. The smallest absolute Gasteiger partial charge is 0.254 e. The molecule has 0 aromatic heterocycles. The van der Waals surface area contributed by atoms with Gasteiger partial charge in [0.15, 0.2) is 0 Å². The van der Waals surface area contributed by atoms with E-state index in [0.717, 1.165) is 6.42 Å². The van der Waals surface area contributed by atoms with Crippen molar-refractivity contribution in [2.24, 2.45) is 0 Å². The molecule has 0 unspecified atom stereocenters. The van der Waals surface area contributed by atoms with Crippen LogP contribution >= 0.6 is 0 Å². The van der Waals surface area contributed by atoms with E-state index < -0.39 is 11.7 Å². The molecule has 1 aromatic carbocycles. The van der Waals surface area contributed by atoms with Crippen LogP contribution in [0.2, 0.25) is 0 Å². The van der Waals surface area contributed by atoms with Crippen LogP contribution < -0.4 is 11.1 Å². The van der Waals surface area contributed by atoms with E-state index in [4.69, 9.17) is 10.5 Å². The van der Waals surface area contributed by atoms with Crippen molar-refractivity contribution >= 4 is 11.6 Å². The molecule has 0 bridgehead atoms. The number of nitrogens with one attached hydrogen (secondary N) is 1. The highest BCUT2D eigenvalue weighted by Crippen LogP contribution is 2.16. The number of amides is 1. The van der Waals surface area contributed by atoms with Crippen LogP contribution in [0.15, 0.2) is 24.8 Å². The number of aryl methyl sites for hydroxylation is 1. The van der Waals surface area contributed by atoms with Gasteiger partial charge in [-0.25, -0.2) is 4.39 Å². The lowest BCUT2D eigenvalue weighted by Crippen LogP contribution is -2.28. The van der Waals surface area contributed by atoms with Gasteiger partial charge in [0.05, 0.1) is 18.8 Å². The number of nitrogens with two attached hydrogens (primary N) is 1. The van der Waals surface area contributed by atoms with Crippen molar-refractivity contribution in [3.8, 4) is 0 Å². The van der Waals surface area contributed by atoms with Crippen molar-refractivity contribution in [3.63, 3.8) is 0 Å². The predicted octanol–water partition coefficient (Wildman–Crippen LogP) is 2.04. The highest BCUT2D eigenvalue weighted by atomic mass is 19.1. The van der Waals surface area contributed by atoms with Gasteiger partial charge in [-0.3, -0.25) is 4.79 Å². The summed E-state index contributed by atoms with van der Waals surface area (Å²) >= 11 is 0. The maximum Gasteiger partial charge on any atom is 0.254 e. The summed E-state index contributed by atoms with van der Waals surface area (Å²) in [5, 5.41) is 2.59. The quantitative estimate of drug-likeness (QED) is 0.451.